The van der Waals surface area contributed by atoms with Gasteiger partial charge in [0, 0.05) is 16.3 Å². The van der Waals surface area contributed by atoms with Gasteiger partial charge in [-0.25, -0.2) is 10.2 Å². The van der Waals surface area contributed by atoms with Crippen molar-refractivity contribution in [3.8, 4) is 22.8 Å². The summed E-state index contributed by atoms with van der Waals surface area (Å²) in [7, 11) is 0. The third-order valence-corrected chi connectivity index (χ3v) is 6.22. The van der Waals surface area contributed by atoms with E-state index in [1.807, 2.05) is 47.9 Å². The van der Waals surface area contributed by atoms with Crippen LogP contribution in [0.2, 0.25) is 5.02 Å². The molecule has 2 N–H and O–H groups in total. The van der Waals surface area contributed by atoms with Gasteiger partial charge in [0.1, 0.15) is 5.75 Å². The fourth-order valence-electron chi connectivity index (χ4n) is 3.29. The second-order valence-corrected chi connectivity index (χ2v) is 8.96. The summed E-state index contributed by atoms with van der Waals surface area (Å²) < 4.78 is 7.41. The molecule has 37 heavy (non-hydrogen) atoms. The molecule has 0 bridgehead atoms. The summed E-state index contributed by atoms with van der Waals surface area (Å²) in [6.07, 6.45) is 1.44. The van der Waals surface area contributed by atoms with Gasteiger partial charge in [0.05, 0.1) is 24.1 Å². The van der Waals surface area contributed by atoms with Crippen molar-refractivity contribution in [3.63, 3.8) is 0 Å². The highest BCUT2D eigenvalue weighted by molar-refractivity contribution is 7.99. The summed E-state index contributed by atoms with van der Waals surface area (Å²) in [6, 6.07) is 20.9. The predicted octanol–water partition coefficient (Wildman–Crippen LogP) is 4.93. The Morgan fingerprint density at radius 2 is 1.76 bits per heavy atom. The van der Waals surface area contributed by atoms with Crippen molar-refractivity contribution in [2.75, 3.05) is 12.4 Å². The largest absolute Gasteiger partial charge is 0.494 e. The zero-order valence-electron chi connectivity index (χ0n) is 19.7. The molecule has 0 radical (unpaired) electrons. The normalized spacial score (nSPS) is 11.0. The van der Waals surface area contributed by atoms with Gasteiger partial charge >= 0.3 is 5.97 Å². The molecule has 3 aromatic carbocycles. The van der Waals surface area contributed by atoms with Gasteiger partial charge in [-0.3, -0.25) is 9.36 Å². The fourth-order valence-corrected chi connectivity index (χ4v) is 4.16. The third kappa shape index (κ3) is 6.75. The number of ether oxygens (including phenoxy) is 1. The number of nitrogens with zero attached hydrogens (tertiary/aromatic N) is 4. The topological polar surface area (TPSA) is 119 Å². The van der Waals surface area contributed by atoms with Crippen LogP contribution >= 0.6 is 23.4 Å². The Morgan fingerprint density at radius 1 is 1.05 bits per heavy atom. The quantitative estimate of drug-likeness (QED) is 0.168. The highest BCUT2D eigenvalue weighted by Crippen LogP contribution is 2.29. The number of carbonyl (C=O) groups is 2. The Labute approximate surface area is 222 Å². The second kappa shape index (κ2) is 12.2. The van der Waals surface area contributed by atoms with Gasteiger partial charge < -0.3 is 9.84 Å². The number of carboxylic acid groups (broad SMARTS) is 1. The van der Waals surface area contributed by atoms with E-state index in [9.17, 15) is 9.59 Å². The first-order valence-corrected chi connectivity index (χ1v) is 12.5. The molecule has 0 saturated heterocycles. The van der Waals surface area contributed by atoms with Crippen LogP contribution in [-0.4, -0.2) is 50.3 Å². The van der Waals surface area contributed by atoms with Crippen LogP contribution in [0.4, 0.5) is 0 Å². The van der Waals surface area contributed by atoms with Crippen molar-refractivity contribution in [3.05, 3.63) is 88.9 Å². The number of carbonyl (C=O) groups excluding carboxylic acids is 1. The highest BCUT2D eigenvalue weighted by atomic mass is 35.5. The van der Waals surface area contributed by atoms with E-state index in [2.05, 4.69) is 20.7 Å². The number of nitrogens with one attached hydrogen (secondary N) is 1. The molecule has 4 rings (SSSR count). The van der Waals surface area contributed by atoms with E-state index in [1.165, 1.54) is 30.1 Å². The van der Waals surface area contributed by atoms with Crippen molar-refractivity contribution >= 4 is 41.5 Å². The van der Waals surface area contributed by atoms with Crippen molar-refractivity contribution in [2.24, 2.45) is 5.10 Å². The van der Waals surface area contributed by atoms with Crippen molar-refractivity contribution in [1.82, 2.24) is 20.2 Å². The molecule has 1 aromatic heterocycles. The molecule has 0 atom stereocenters. The van der Waals surface area contributed by atoms with Crippen LogP contribution in [0.1, 0.15) is 22.8 Å². The summed E-state index contributed by atoms with van der Waals surface area (Å²) in [5.74, 6) is 0.0530. The Kier molecular flexibility index (Phi) is 8.55. The average molecular weight is 536 g/mol. The molecule has 0 aliphatic rings. The molecule has 11 heteroatoms. The number of rotatable bonds is 10. The van der Waals surface area contributed by atoms with E-state index in [0.717, 1.165) is 17.0 Å². The number of benzene rings is 3. The molecule has 0 spiro atoms. The highest BCUT2D eigenvalue weighted by Gasteiger charge is 2.17. The Balaban J connectivity index is 1.48. The minimum atomic E-state index is -1.01. The molecule has 0 aliphatic carbocycles. The van der Waals surface area contributed by atoms with E-state index < -0.39 is 5.97 Å². The van der Waals surface area contributed by atoms with Crippen LogP contribution in [0.3, 0.4) is 0 Å². The molecule has 0 unspecified atom stereocenters. The molecule has 1 heterocycles. The molecule has 188 valence electrons. The molecule has 4 aromatic rings. The maximum atomic E-state index is 12.4. The SMILES string of the molecule is CCOc1ccc(-n2c(SCC(=O)N/N=C/c3ccc(C(=O)O)cc3)nnc2-c2ccc(Cl)cc2)cc1. The molecule has 9 nitrogen and oxygen atoms in total. The lowest BCUT2D eigenvalue weighted by Crippen LogP contribution is -2.20. The van der Waals surface area contributed by atoms with Crippen LogP contribution in [0.25, 0.3) is 17.1 Å². The van der Waals surface area contributed by atoms with Gasteiger partial charge in [-0.05, 0) is 73.2 Å². The van der Waals surface area contributed by atoms with Crippen molar-refractivity contribution in [1.29, 1.82) is 0 Å². The summed E-state index contributed by atoms with van der Waals surface area (Å²) in [4.78, 5) is 23.4. The zero-order valence-corrected chi connectivity index (χ0v) is 21.2. The van der Waals surface area contributed by atoms with E-state index in [4.69, 9.17) is 21.4 Å². The van der Waals surface area contributed by atoms with Crippen molar-refractivity contribution < 1.29 is 19.4 Å². The Hall–Kier alpha value is -4.15. The number of aromatic carboxylic acids is 1. The first-order valence-electron chi connectivity index (χ1n) is 11.2. The molecule has 0 fully saturated rings. The molecular formula is C26H22ClN5O4S. The lowest BCUT2D eigenvalue weighted by molar-refractivity contribution is -0.118. The number of aromatic nitrogens is 3. The summed E-state index contributed by atoms with van der Waals surface area (Å²) >= 11 is 7.27. The van der Waals surface area contributed by atoms with Gasteiger partial charge in [-0.15, -0.1) is 10.2 Å². The van der Waals surface area contributed by atoms with Crippen LogP contribution in [0, 0.1) is 0 Å². The first kappa shape index (κ1) is 25.9. The van der Waals surface area contributed by atoms with Gasteiger partial charge in [0.25, 0.3) is 5.91 Å². The lowest BCUT2D eigenvalue weighted by atomic mass is 10.1. The van der Waals surface area contributed by atoms with Crippen LogP contribution in [0.15, 0.2) is 83.1 Å². The molecule has 0 saturated carbocycles. The number of hydrogen-bond acceptors (Lipinski definition) is 7. The molecular weight excluding hydrogens is 514 g/mol. The number of thioether (sulfide) groups is 1. The summed E-state index contributed by atoms with van der Waals surface area (Å²) in [5.41, 5.74) is 4.93. The number of halogens is 1. The summed E-state index contributed by atoms with van der Waals surface area (Å²) in [5, 5.41) is 22.7. The number of carboxylic acids is 1. The van der Waals surface area contributed by atoms with Gasteiger partial charge in [0.15, 0.2) is 11.0 Å². The predicted molar refractivity (Wildman–Crippen MR) is 143 cm³/mol. The fraction of sp³-hybridized carbons (Fsp3) is 0.115. The number of hydrazone groups is 1. The van der Waals surface area contributed by atoms with Crippen molar-refractivity contribution in [2.45, 2.75) is 12.1 Å². The number of amides is 1. The third-order valence-electron chi connectivity index (χ3n) is 5.03. The monoisotopic (exact) mass is 535 g/mol. The van der Waals surface area contributed by atoms with Crippen LogP contribution in [-0.2, 0) is 4.79 Å². The minimum Gasteiger partial charge on any atom is -0.494 e. The smallest absolute Gasteiger partial charge is 0.335 e. The number of hydrogen-bond donors (Lipinski definition) is 2. The second-order valence-electron chi connectivity index (χ2n) is 7.58. The molecule has 1 amide bonds. The Morgan fingerprint density at radius 3 is 2.41 bits per heavy atom. The van der Waals surface area contributed by atoms with Crippen LogP contribution < -0.4 is 10.2 Å². The van der Waals surface area contributed by atoms with Crippen LogP contribution in [0.5, 0.6) is 5.75 Å². The first-order chi connectivity index (χ1) is 17.9. The van der Waals surface area contributed by atoms with Gasteiger partial charge in [0.2, 0.25) is 0 Å². The van der Waals surface area contributed by atoms with E-state index in [0.29, 0.717) is 28.2 Å². The summed E-state index contributed by atoms with van der Waals surface area (Å²) in [6.45, 7) is 2.49. The van der Waals surface area contributed by atoms with Gasteiger partial charge in [-0.2, -0.15) is 5.10 Å². The van der Waals surface area contributed by atoms with Gasteiger partial charge in [-0.1, -0.05) is 35.5 Å². The van der Waals surface area contributed by atoms with E-state index in [-0.39, 0.29) is 17.2 Å². The zero-order chi connectivity index (χ0) is 26.2. The maximum Gasteiger partial charge on any atom is 0.335 e. The average Bonchev–Trinajstić information content (AvgIpc) is 3.33. The lowest BCUT2D eigenvalue weighted by Gasteiger charge is -2.11. The molecule has 0 aliphatic heterocycles. The standard InChI is InChI=1S/C26H22ClN5O4S/c1-2-36-22-13-11-21(12-14-22)32-24(18-7-9-20(27)10-8-18)30-31-26(32)37-16-23(33)29-28-15-17-3-5-19(6-4-17)25(34)35/h3-15H,2,16H2,1H3,(H,29,33)(H,34,35)/b28-15+. The van der Waals surface area contributed by atoms with E-state index in [1.54, 1.807) is 24.3 Å². The maximum absolute atomic E-state index is 12.4. The minimum absolute atomic E-state index is 0.0467. The Bertz CT molecular complexity index is 1400. The van der Waals surface area contributed by atoms with E-state index >= 15 is 0 Å².